The van der Waals surface area contributed by atoms with Crippen molar-refractivity contribution in [1.29, 1.82) is 0 Å². The molecule has 10 heteroatoms. The SMILES string of the molecule is COC(=O)C#CCCCn1c(Cc2cc(OC)c(OC)c(OC)c2)nc2c(N)ncnc21. The van der Waals surface area contributed by atoms with Crippen LogP contribution in [0.5, 0.6) is 17.2 Å². The van der Waals surface area contributed by atoms with E-state index in [2.05, 4.69) is 26.5 Å². The molecule has 0 bridgehead atoms. The first-order valence-electron chi connectivity index (χ1n) is 9.83. The highest BCUT2D eigenvalue weighted by Crippen LogP contribution is 2.38. The second kappa shape index (κ2) is 10.3. The Labute approximate surface area is 185 Å². The molecule has 0 unspecified atom stereocenters. The predicted octanol–water partition coefficient (Wildman–Crippen LogP) is 1.98. The summed E-state index contributed by atoms with van der Waals surface area (Å²) in [5.74, 6) is 7.38. The smallest absolute Gasteiger partial charge is 0.384 e. The summed E-state index contributed by atoms with van der Waals surface area (Å²) in [4.78, 5) is 24.3. The lowest BCUT2D eigenvalue weighted by Gasteiger charge is -2.14. The number of benzene rings is 1. The van der Waals surface area contributed by atoms with Gasteiger partial charge < -0.3 is 29.2 Å². The van der Waals surface area contributed by atoms with Crippen LogP contribution in [0.3, 0.4) is 0 Å². The zero-order valence-corrected chi connectivity index (χ0v) is 18.5. The summed E-state index contributed by atoms with van der Waals surface area (Å²) >= 11 is 0. The van der Waals surface area contributed by atoms with Gasteiger partial charge in [0.1, 0.15) is 12.2 Å². The van der Waals surface area contributed by atoms with E-state index in [9.17, 15) is 4.79 Å². The lowest BCUT2D eigenvalue weighted by atomic mass is 10.1. The van der Waals surface area contributed by atoms with E-state index in [0.29, 0.717) is 60.0 Å². The van der Waals surface area contributed by atoms with Gasteiger partial charge in [0.25, 0.3) is 0 Å². The number of aryl methyl sites for hydroxylation is 1. The zero-order chi connectivity index (χ0) is 23.1. The number of anilines is 1. The van der Waals surface area contributed by atoms with E-state index in [1.54, 1.807) is 21.3 Å². The van der Waals surface area contributed by atoms with Crippen LogP contribution in [0.15, 0.2) is 18.5 Å². The number of hydrogen-bond donors (Lipinski definition) is 1. The van der Waals surface area contributed by atoms with Gasteiger partial charge in [-0.2, -0.15) is 0 Å². The van der Waals surface area contributed by atoms with Gasteiger partial charge in [0.15, 0.2) is 28.5 Å². The van der Waals surface area contributed by atoms with Gasteiger partial charge in [0.2, 0.25) is 5.75 Å². The summed E-state index contributed by atoms with van der Waals surface area (Å²) in [5.41, 5.74) is 8.12. The Morgan fingerprint density at radius 3 is 2.44 bits per heavy atom. The third kappa shape index (κ3) is 4.83. The molecule has 2 aromatic heterocycles. The third-order valence-electron chi connectivity index (χ3n) is 4.79. The standard InChI is InChI=1S/C22H25N5O5/c1-29-15-10-14(11-16(30-2)20(15)32-4)12-17-26-19-21(23)24-13-25-22(19)27(17)9-7-5-6-8-18(28)31-3/h10-11,13H,5,7,9,12H2,1-4H3,(H2,23,24,25). The van der Waals surface area contributed by atoms with Crippen molar-refractivity contribution in [3.8, 4) is 29.1 Å². The number of nitrogen functional groups attached to an aromatic ring is 1. The number of nitrogens with zero attached hydrogens (tertiary/aromatic N) is 4. The van der Waals surface area contributed by atoms with E-state index < -0.39 is 5.97 Å². The molecule has 32 heavy (non-hydrogen) atoms. The maximum atomic E-state index is 11.2. The van der Waals surface area contributed by atoms with Gasteiger partial charge in [0.05, 0.1) is 28.4 Å². The minimum atomic E-state index is -0.554. The van der Waals surface area contributed by atoms with Crippen LogP contribution >= 0.6 is 0 Å². The van der Waals surface area contributed by atoms with Gasteiger partial charge in [-0.3, -0.25) is 0 Å². The number of esters is 1. The normalized spacial score (nSPS) is 10.4. The number of aromatic nitrogens is 4. The molecule has 0 saturated carbocycles. The summed E-state index contributed by atoms with van der Waals surface area (Å²) in [6.07, 6.45) is 3.08. The molecular formula is C22H25N5O5. The number of methoxy groups -OCH3 is 4. The fourth-order valence-electron chi connectivity index (χ4n) is 3.30. The van der Waals surface area contributed by atoms with Crippen molar-refractivity contribution in [2.75, 3.05) is 34.2 Å². The molecule has 0 fully saturated rings. The Balaban J connectivity index is 1.94. The maximum absolute atomic E-state index is 11.2. The number of rotatable bonds is 8. The summed E-state index contributed by atoms with van der Waals surface area (Å²) in [6, 6.07) is 3.75. The molecule has 0 atom stereocenters. The average molecular weight is 439 g/mol. The van der Waals surface area contributed by atoms with Crippen molar-refractivity contribution in [2.24, 2.45) is 0 Å². The van der Waals surface area contributed by atoms with Crippen LogP contribution in [0.2, 0.25) is 0 Å². The molecule has 3 rings (SSSR count). The summed E-state index contributed by atoms with van der Waals surface area (Å²) in [7, 11) is 6.00. The molecule has 0 spiro atoms. The van der Waals surface area contributed by atoms with Crippen LogP contribution in [0.25, 0.3) is 11.2 Å². The molecule has 0 aliphatic carbocycles. The van der Waals surface area contributed by atoms with E-state index in [4.69, 9.17) is 24.9 Å². The quantitative estimate of drug-likeness (QED) is 0.243. The molecule has 10 nitrogen and oxygen atoms in total. The Bertz CT molecular complexity index is 1150. The van der Waals surface area contributed by atoms with E-state index in [-0.39, 0.29) is 0 Å². The highest BCUT2D eigenvalue weighted by atomic mass is 16.5. The fraction of sp³-hybridized carbons (Fsp3) is 0.364. The first-order valence-corrected chi connectivity index (χ1v) is 9.83. The number of unbranched alkanes of at least 4 members (excludes halogenated alkanes) is 1. The van der Waals surface area contributed by atoms with Crippen LogP contribution in [0, 0.1) is 11.8 Å². The van der Waals surface area contributed by atoms with E-state index >= 15 is 0 Å². The lowest BCUT2D eigenvalue weighted by Crippen LogP contribution is -2.06. The van der Waals surface area contributed by atoms with Crippen LogP contribution in [-0.4, -0.2) is 53.9 Å². The van der Waals surface area contributed by atoms with Crippen molar-refractivity contribution in [2.45, 2.75) is 25.8 Å². The first-order chi connectivity index (χ1) is 15.5. The average Bonchev–Trinajstić information content (AvgIpc) is 3.16. The molecule has 2 heterocycles. The summed E-state index contributed by atoms with van der Waals surface area (Å²) < 4.78 is 22.8. The molecule has 2 N–H and O–H groups in total. The molecule has 3 aromatic rings. The third-order valence-corrected chi connectivity index (χ3v) is 4.79. The monoisotopic (exact) mass is 439 g/mol. The van der Waals surface area contributed by atoms with Crippen LogP contribution in [0.1, 0.15) is 24.2 Å². The highest BCUT2D eigenvalue weighted by molar-refractivity contribution is 5.88. The number of carbonyl (C=O) groups is 1. The molecule has 168 valence electrons. The van der Waals surface area contributed by atoms with Crippen molar-refractivity contribution in [1.82, 2.24) is 19.5 Å². The van der Waals surface area contributed by atoms with Gasteiger partial charge in [0, 0.05) is 25.3 Å². The molecule has 0 radical (unpaired) electrons. The van der Waals surface area contributed by atoms with Gasteiger partial charge in [-0.15, -0.1) is 0 Å². The van der Waals surface area contributed by atoms with Crippen molar-refractivity contribution in [3.05, 3.63) is 29.8 Å². The number of imidazole rings is 1. The Kier molecular flexibility index (Phi) is 7.33. The predicted molar refractivity (Wildman–Crippen MR) is 118 cm³/mol. The van der Waals surface area contributed by atoms with Gasteiger partial charge in [-0.25, -0.2) is 19.7 Å². The highest BCUT2D eigenvalue weighted by Gasteiger charge is 2.18. The first kappa shape index (κ1) is 22.7. The van der Waals surface area contributed by atoms with Crippen LogP contribution < -0.4 is 19.9 Å². The summed E-state index contributed by atoms with van der Waals surface area (Å²) in [5, 5.41) is 0. The molecule has 0 aliphatic rings. The Hall–Kier alpha value is -4.00. The van der Waals surface area contributed by atoms with E-state index in [1.807, 2.05) is 16.7 Å². The van der Waals surface area contributed by atoms with E-state index in [0.717, 1.165) is 11.4 Å². The molecule has 0 saturated heterocycles. The molecular weight excluding hydrogens is 414 g/mol. The number of carbonyl (C=O) groups excluding carboxylic acids is 1. The second-order valence-corrected chi connectivity index (χ2v) is 6.72. The minimum Gasteiger partial charge on any atom is -0.493 e. The van der Waals surface area contributed by atoms with Crippen molar-refractivity contribution in [3.63, 3.8) is 0 Å². The van der Waals surface area contributed by atoms with E-state index in [1.165, 1.54) is 13.4 Å². The number of hydrogen-bond acceptors (Lipinski definition) is 9. The van der Waals surface area contributed by atoms with Crippen LogP contribution in [-0.2, 0) is 22.5 Å². The fourth-order valence-corrected chi connectivity index (χ4v) is 3.30. The Morgan fingerprint density at radius 1 is 1.09 bits per heavy atom. The van der Waals surface area contributed by atoms with Crippen molar-refractivity contribution < 1.29 is 23.7 Å². The zero-order valence-electron chi connectivity index (χ0n) is 18.5. The summed E-state index contributed by atoms with van der Waals surface area (Å²) in [6.45, 7) is 0.586. The molecule has 0 aliphatic heterocycles. The minimum absolute atomic E-state index is 0.311. The maximum Gasteiger partial charge on any atom is 0.384 e. The Morgan fingerprint density at radius 2 is 1.81 bits per heavy atom. The topological polar surface area (TPSA) is 124 Å². The van der Waals surface area contributed by atoms with Gasteiger partial charge in [-0.1, -0.05) is 5.92 Å². The van der Waals surface area contributed by atoms with Crippen molar-refractivity contribution >= 4 is 23.0 Å². The second-order valence-electron chi connectivity index (χ2n) is 6.72. The number of fused-ring (bicyclic) bond motifs is 1. The largest absolute Gasteiger partial charge is 0.493 e. The van der Waals surface area contributed by atoms with Gasteiger partial charge in [-0.05, 0) is 24.1 Å². The van der Waals surface area contributed by atoms with Crippen LogP contribution in [0.4, 0.5) is 5.82 Å². The van der Waals surface area contributed by atoms with Gasteiger partial charge >= 0.3 is 5.97 Å². The number of nitrogens with two attached hydrogens (primary N) is 1. The number of ether oxygens (including phenoxy) is 4. The molecule has 1 aromatic carbocycles. The lowest BCUT2D eigenvalue weighted by molar-refractivity contribution is -0.133. The molecule has 0 amide bonds.